The van der Waals surface area contributed by atoms with Crippen molar-refractivity contribution in [2.45, 2.75) is 12.8 Å². The number of nitrogens with zero attached hydrogens (tertiary/aromatic N) is 2. The molecule has 0 aliphatic heterocycles. The number of hydrazone groups is 1. The molecule has 3 aromatic rings. The van der Waals surface area contributed by atoms with E-state index in [1.54, 1.807) is 0 Å². The number of aromatic amines is 1. The molecule has 2 N–H and O–H groups in total. The summed E-state index contributed by atoms with van der Waals surface area (Å²) in [6.07, 6.45) is 1.88. The van der Waals surface area contributed by atoms with Crippen LogP contribution in [0.25, 0.3) is 11.0 Å². The first-order valence-corrected chi connectivity index (χ1v) is 6.62. The van der Waals surface area contributed by atoms with E-state index in [4.69, 9.17) is 0 Å². The van der Waals surface area contributed by atoms with Gasteiger partial charge in [0.05, 0.1) is 11.0 Å². The number of anilines is 1. The Morgan fingerprint density at radius 1 is 1.10 bits per heavy atom. The maximum absolute atomic E-state index is 4.40. The predicted octanol–water partition coefficient (Wildman–Crippen LogP) is 3.76. The molecule has 1 atom stereocenters. The highest BCUT2D eigenvalue weighted by Crippen LogP contribution is 2.14. The highest BCUT2D eigenvalue weighted by molar-refractivity contribution is 5.77. The van der Waals surface area contributed by atoms with Gasteiger partial charge in [0.15, 0.2) is 0 Å². The lowest BCUT2D eigenvalue weighted by molar-refractivity contribution is 1.03. The molecular formula is C16H16N4. The normalized spacial score (nSPS) is 12.8. The highest BCUT2D eigenvalue weighted by atomic mass is 15.3. The minimum atomic E-state index is 0.257. The van der Waals surface area contributed by atoms with Crippen LogP contribution in [0.4, 0.5) is 5.95 Å². The van der Waals surface area contributed by atoms with E-state index in [9.17, 15) is 0 Å². The molecule has 0 bridgehead atoms. The van der Waals surface area contributed by atoms with Crippen molar-refractivity contribution in [1.82, 2.24) is 9.97 Å². The van der Waals surface area contributed by atoms with Crippen LogP contribution in [0.5, 0.6) is 0 Å². The molecule has 0 aliphatic carbocycles. The number of benzene rings is 2. The van der Waals surface area contributed by atoms with E-state index in [0.717, 1.165) is 11.0 Å². The Bertz CT molecular complexity index is 682. The summed E-state index contributed by atoms with van der Waals surface area (Å²) in [5, 5.41) is 4.24. The maximum atomic E-state index is 4.40. The number of nitrogens with one attached hydrogen (secondary N) is 2. The largest absolute Gasteiger partial charge is 0.323 e. The van der Waals surface area contributed by atoms with Gasteiger partial charge in [0.1, 0.15) is 0 Å². The molecule has 4 heteroatoms. The summed E-state index contributed by atoms with van der Waals surface area (Å²) in [6, 6.07) is 18.2. The van der Waals surface area contributed by atoms with E-state index < -0.39 is 0 Å². The Balaban J connectivity index is 1.68. The number of imidazole rings is 1. The zero-order chi connectivity index (χ0) is 13.8. The van der Waals surface area contributed by atoms with Gasteiger partial charge in [-0.25, -0.2) is 10.4 Å². The van der Waals surface area contributed by atoms with Gasteiger partial charge >= 0.3 is 0 Å². The number of hydrogen-bond acceptors (Lipinski definition) is 3. The van der Waals surface area contributed by atoms with Crippen molar-refractivity contribution in [2.24, 2.45) is 5.10 Å². The number of rotatable bonds is 4. The molecule has 100 valence electrons. The summed E-state index contributed by atoms with van der Waals surface area (Å²) in [7, 11) is 0. The van der Waals surface area contributed by atoms with Gasteiger partial charge in [-0.2, -0.15) is 5.10 Å². The average Bonchev–Trinajstić information content (AvgIpc) is 2.90. The molecule has 0 amide bonds. The van der Waals surface area contributed by atoms with Gasteiger partial charge in [-0.15, -0.1) is 0 Å². The van der Waals surface area contributed by atoms with Crippen LogP contribution in [0.2, 0.25) is 0 Å². The average molecular weight is 264 g/mol. The minimum Gasteiger partial charge on any atom is -0.323 e. The van der Waals surface area contributed by atoms with Crippen molar-refractivity contribution in [3.63, 3.8) is 0 Å². The van der Waals surface area contributed by atoms with Crippen LogP contribution in [-0.2, 0) is 0 Å². The Kier molecular flexibility index (Phi) is 3.46. The molecule has 2 aromatic carbocycles. The molecule has 20 heavy (non-hydrogen) atoms. The zero-order valence-corrected chi connectivity index (χ0v) is 11.2. The molecular weight excluding hydrogens is 248 g/mol. The van der Waals surface area contributed by atoms with Crippen LogP contribution >= 0.6 is 0 Å². The van der Waals surface area contributed by atoms with Crippen LogP contribution in [-0.4, -0.2) is 16.2 Å². The standard InChI is InChI=1S/C16H16N4/c1-12(13-7-3-2-4-8-13)11-17-20-16-18-14-9-5-6-10-15(14)19-16/h2-12H,1H3,(H2,18,19,20)/b17-11+. The second kappa shape index (κ2) is 5.57. The molecule has 3 rings (SSSR count). The highest BCUT2D eigenvalue weighted by Gasteiger charge is 2.02. The number of fused-ring (bicyclic) bond motifs is 1. The zero-order valence-electron chi connectivity index (χ0n) is 11.2. The summed E-state index contributed by atoms with van der Waals surface area (Å²) in [6.45, 7) is 2.11. The van der Waals surface area contributed by atoms with E-state index in [1.807, 2.05) is 48.7 Å². The third kappa shape index (κ3) is 2.69. The van der Waals surface area contributed by atoms with Gasteiger partial charge < -0.3 is 4.98 Å². The van der Waals surface area contributed by atoms with Crippen LogP contribution in [0.1, 0.15) is 18.4 Å². The topological polar surface area (TPSA) is 53.1 Å². The maximum Gasteiger partial charge on any atom is 0.222 e. The molecule has 1 heterocycles. The van der Waals surface area contributed by atoms with Gasteiger partial charge in [-0.05, 0) is 17.7 Å². The second-order valence-corrected chi connectivity index (χ2v) is 4.69. The third-order valence-corrected chi connectivity index (χ3v) is 3.18. The summed E-state index contributed by atoms with van der Waals surface area (Å²) >= 11 is 0. The van der Waals surface area contributed by atoms with Crippen LogP contribution < -0.4 is 5.43 Å². The summed E-state index contributed by atoms with van der Waals surface area (Å²) in [5.74, 6) is 0.913. The molecule has 1 aromatic heterocycles. The van der Waals surface area contributed by atoms with Gasteiger partial charge in [-0.3, -0.25) is 0 Å². The predicted molar refractivity (Wildman–Crippen MR) is 83.1 cm³/mol. The lowest BCUT2D eigenvalue weighted by Gasteiger charge is -2.04. The first kappa shape index (κ1) is 12.4. The Morgan fingerprint density at radius 3 is 2.65 bits per heavy atom. The lowest BCUT2D eigenvalue weighted by atomic mass is 10.0. The molecule has 1 unspecified atom stereocenters. The van der Waals surface area contributed by atoms with Crippen LogP contribution in [0.15, 0.2) is 59.7 Å². The summed E-state index contributed by atoms with van der Waals surface area (Å²) in [5.41, 5.74) is 6.11. The molecule has 0 saturated heterocycles. The van der Waals surface area contributed by atoms with Gasteiger partial charge in [0.25, 0.3) is 0 Å². The summed E-state index contributed by atoms with van der Waals surface area (Å²) < 4.78 is 0. The fourth-order valence-corrected chi connectivity index (χ4v) is 2.06. The van der Waals surface area contributed by atoms with E-state index in [2.05, 4.69) is 39.6 Å². The lowest BCUT2D eigenvalue weighted by Crippen LogP contribution is -1.98. The fourth-order valence-electron chi connectivity index (χ4n) is 2.06. The van der Waals surface area contributed by atoms with Gasteiger partial charge in [0.2, 0.25) is 5.95 Å². The van der Waals surface area contributed by atoms with E-state index >= 15 is 0 Å². The number of aromatic nitrogens is 2. The van der Waals surface area contributed by atoms with Gasteiger partial charge in [0, 0.05) is 12.1 Å². The van der Waals surface area contributed by atoms with E-state index in [0.29, 0.717) is 5.95 Å². The first-order valence-electron chi connectivity index (χ1n) is 6.62. The Labute approximate surface area is 117 Å². The summed E-state index contributed by atoms with van der Waals surface area (Å²) in [4.78, 5) is 7.57. The first-order chi connectivity index (χ1) is 9.83. The molecule has 4 nitrogen and oxygen atoms in total. The molecule has 0 radical (unpaired) electrons. The Hall–Kier alpha value is -2.62. The second-order valence-electron chi connectivity index (χ2n) is 4.69. The Morgan fingerprint density at radius 2 is 1.85 bits per heavy atom. The monoisotopic (exact) mass is 264 g/mol. The SMILES string of the molecule is CC(/C=N/Nc1nc2ccccc2[nH]1)c1ccccc1. The molecule has 0 saturated carbocycles. The minimum absolute atomic E-state index is 0.257. The van der Waals surface area contributed by atoms with Crippen molar-refractivity contribution in [2.75, 3.05) is 5.43 Å². The fraction of sp³-hybridized carbons (Fsp3) is 0.125. The van der Waals surface area contributed by atoms with Crippen LogP contribution in [0.3, 0.4) is 0 Å². The van der Waals surface area contributed by atoms with E-state index in [1.165, 1.54) is 5.56 Å². The van der Waals surface area contributed by atoms with E-state index in [-0.39, 0.29) is 5.92 Å². The third-order valence-electron chi connectivity index (χ3n) is 3.18. The number of para-hydroxylation sites is 2. The number of hydrogen-bond donors (Lipinski definition) is 2. The van der Waals surface area contributed by atoms with Crippen molar-refractivity contribution >= 4 is 23.2 Å². The molecule has 0 spiro atoms. The van der Waals surface area contributed by atoms with Crippen molar-refractivity contribution in [1.29, 1.82) is 0 Å². The van der Waals surface area contributed by atoms with Crippen molar-refractivity contribution in [3.8, 4) is 0 Å². The molecule has 0 aliphatic rings. The van der Waals surface area contributed by atoms with Crippen molar-refractivity contribution in [3.05, 3.63) is 60.2 Å². The molecule has 0 fully saturated rings. The van der Waals surface area contributed by atoms with Gasteiger partial charge in [-0.1, -0.05) is 49.4 Å². The van der Waals surface area contributed by atoms with Crippen molar-refractivity contribution < 1.29 is 0 Å². The number of H-pyrrole nitrogens is 1. The van der Waals surface area contributed by atoms with Crippen LogP contribution in [0, 0.1) is 0 Å². The quantitative estimate of drug-likeness (QED) is 0.557. The smallest absolute Gasteiger partial charge is 0.222 e.